The molecular weight excluding hydrogens is 270 g/mol. The van der Waals surface area contributed by atoms with Crippen molar-refractivity contribution in [2.75, 3.05) is 0 Å². The zero-order valence-electron chi connectivity index (χ0n) is 11.1. The van der Waals surface area contributed by atoms with E-state index in [1.54, 1.807) is 0 Å². The number of hydrogen-bond donors (Lipinski definition) is 0. The predicted molar refractivity (Wildman–Crippen MR) is 82.5 cm³/mol. The summed E-state index contributed by atoms with van der Waals surface area (Å²) in [6.07, 6.45) is 1.91. The summed E-state index contributed by atoms with van der Waals surface area (Å²) in [5.74, 6) is 0.0890. The van der Waals surface area contributed by atoms with Gasteiger partial charge in [-0.2, -0.15) is 0 Å². The van der Waals surface area contributed by atoms with Gasteiger partial charge < -0.3 is 4.57 Å². The molecule has 3 rings (SSSR count). The third-order valence-electron chi connectivity index (χ3n) is 3.39. The van der Waals surface area contributed by atoms with Crippen LogP contribution in [0.1, 0.15) is 15.9 Å². The van der Waals surface area contributed by atoms with Gasteiger partial charge in [-0.25, -0.2) is 0 Å². The molecule has 0 spiro atoms. The first-order valence-electron chi connectivity index (χ1n) is 6.48. The van der Waals surface area contributed by atoms with Gasteiger partial charge in [0.1, 0.15) is 0 Å². The molecule has 0 fully saturated rings. The van der Waals surface area contributed by atoms with Crippen LogP contribution in [0.25, 0.3) is 10.9 Å². The summed E-state index contributed by atoms with van der Waals surface area (Å²) in [7, 11) is 0. The lowest BCUT2D eigenvalue weighted by Crippen LogP contribution is -2.09. The Morgan fingerprint density at radius 1 is 1.15 bits per heavy atom. The molecule has 0 aliphatic heterocycles. The maximum absolute atomic E-state index is 12.4. The van der Waals surface area contributed by atoms with E-state index in [1.807, 2.05) is 66.2 Å². The first-order chi connectivity index (χ1) is 9.65. The smallest absolute Gasteiger partial charge is 0.182 e. The van der Waals surface area contributed by atoms with Crippen molar-refractivity contribution in [2.24, 2.45) is 0 Å². The zero-order chi connectivity index (χ0) is 14.1. The number of Topliss-reactive ketones (excluding diaryl/α,β-unsaturated/α-hetero) is 1. The molecule has 1 aromatic heterocycles. The highest BCUT2D eigenvalue weighted by Gasteiger charge is 2.10. The number of fused-ring (bicyclic) bond motifs is 1. The van der Waals surface area contributed by atoms with Gasteiger partial charge in [-0.3, -0.25) is 4.79 Å². The van der Waals surface area contributed by atoms with Crippen LogP contribution < -0.4 is 0 Å². The first-order valence-corrected chi connectivity index (χ1v) is 6.86. The van der Waals surface area contributed by atoms with Crippen molar-refractivity contribution in [3.05, 3.63) is 70.9 Å². The number of nitrogens with zero attached hydrogens (tertiary/aromatic N) is 1. The molecule has 0 amide bonds. The summed E-state index contributed by atoms with van der Waals surface area (Å²) in [5.41, 5.74) is 2.74. The van der Waals surface area contributed by atoms with Crippen LogP contribution in [-0.2, 0) is 6.54 Å². The SMILES string of the molecule is Cc1cccc(C(=O)Cn2ccc3cccc(Cl)c32)c1. The van der Waals surface area contributed by atoms with E-state index in [9.17, 15) is 4.79 Å². The lowest BCUT2D eigenvalue weighted by molar-refractivity contribution is 0.0973. The second-order valence-corrected chi connectivity index (χ2v) is 5.32. The summed E-state index contributed by atoms with van der Waals surface area (Å²) in [6.45, 7) is 2.29. The van der Waals surface area contributed by atoms with Crippen LogP contribution in [0.15, 0.2) is 54.7 Å². The number of rotatable bonds is 3. The molecule has 1 heterocycles. The number of para-hydroxylation sites is 1. The van der Waals surface area contributed by atoms with E-state index in [0.717, 1.165) is 22.0 Å². The van der Waals surface area contributed by atoms with Crippen molar-refractivity contribution in [1.82, 2.24) is 4.57 Å². The third-order valence-corrected chi connectivity index (χ3v) is 3.70. The van der Waals surface area contributed by atoms with Gasteiger partial charge >= 0.3 is 0 Å². The van der Waals surface area contributed by atoms with Crippen LogP contribution in [-0.4, -0.2) is 10.4 Å². The highest BCUT2D eigenvalue weighted by atomic mass is 35.5. The molecule has 0 atom stereocenters. The fraction of sp³-hybridized carbons (Fsp3) is 0.118. The summed E-state index contributed by atoms with van der Waals surface area (Å²) >= 11 is 6.23. The van der Waals surface area contributed by atoms with E-state index in [0.29, 0.717) is 11.6 Å². The van der Waals surface area contributed by atoms with Crippen molar-refractivity contribution in [3.8, 4) is 0 Å². The Morgan fingerprint density at radius 2 is 1.95 bits per heavy atom. The maximum atomic E-state index is 12.4. The average Bonchev–Trinajstić information content (AvgIpc) is 2.83. The van der Waals surface area contributed by atoms with Crippen LogP contribution in [0.4, 0.5) is 0 Å². The monoisotopic (exact) mass is 283 g/mol. The molecule has 3 aromatic rings. The summed E-state index contributed by atoms with van der Waals surface area (Å²) in [5, 5.41) is 1.72. The highest BCUT2D eigenvalue weighted by molar-refractivity contribution is 6.35. The van der Waals surface area contributed by atoms with Gasteiger partial charge in [-0.15, -0.1) is 0 Å². The molecule has 0 N–H and O–H groups in total. The summed E-state index contributed by atoms with van der Waals surface area (Å²) in [4.78, 5) is 12.4. The molecule has 2 nitrogen and oxygen atoms in total. The number of aromatic nitrogens is 1. The van der Waals surface area contributed by atoms with Crippen LogP contribution >= 0.6 is 11.6 Å². The number of aryl methyl sites for hydroxylation is 1. The molecule has 0 saturated carbocycles. The predicted octanol–water partition coefficient (Wildman–Crippen LogP) is 4.49. The molecule has 0 radical (unpaired) electrons. The van der Waals surface area contributed by atoms with Crippen molar-refractivity contribution >= 4 is 28.3 Å². The molecule has 0 saturated heterocycles. The van der Waals surface area contributed by atoms with Gasteiger partial charge in [0.15, 0.2) is 5.78 Å². The zero-order valence-corrected chi connectivity index (χ0v) is 11.9. The van der Waals surface area contributed by atoms with Gasteiger partial charge in [0.25, 0.3) is 0 Å². The molecule has 0 aliphatic carbocycles. The number of carbonyl (C=O) groups is 1. The number of carbonyl (C=O) groups excluding carboxylic acids is 1. The first kappa shape index (κ1) is 12.9. The molecule has 3 heteroatoms. The molecule has 0 bridgehead atoms. The summed E-state index contributed by atoms with van der Waals surface area (Å²) < 4.78 is 1.91. The fourth-order valence-corrected chi connectivity index (χ4v) is 2.70. The molecule has 20 heavy (non-hydrogen) atoms. The van der Waals surface area contributed by atoms with E-state index in [-0.39, 0.29) is 5.78 Å². The molecule has 2 aromatic carbocycles. The average molecular weight is 284 g/mol. The molecule has 100 valence electrons. The number of ketones is 1. The molecule has 0 unspecified atom stereocenters. The molecular formula is C17H14ClNO. The van der Waals surface area contributed by atoms with Gasteiger partial charge in [-0.05, 0) is 25.1 Å². The normalized spacial score (nSPS) is 10.9. The highest BCUT2D eigenvalue weighted by Crippen LogP contribution is 2.24. The topological polar surface area (TPSA) is 22.0 Å². The van der Waals surface area contributed by atoms with E-state index in [4.69, 9.17) is 11.6 Å². The van der Waals surface area contributed by atoms with Crippen molar-refractivity contribution in [3.63, 3.8) is 0 Å². The van der Waals surface area contributed by atoms with E-state index < -0.39 is 0 Å². The maximum Gasteiger partial charge on any atom is 0.182 e. The van der Waals surface area contributed by atoms with Gasteiger partial charge in [0.05, 0.1) is 17.1 Å². The van der Waals surface area contributed by atoms with Crippen molar-refractivity contribution in [2.45, 2.75) is 13.5 Å². The minimum Gasteiger partial charge on any atom is -0.338 e. The Kier molecular flexibility index (Phi) is 3.33. The van der Waals surface area contributed by atoms with Crippen molar-refractivity contribution < 1.29 is 4.79 Å². The lowest BCUT2D eigenvalue weighted by Gasteiger charge is -2.07. The minimum atomic E-state index is 0.0890. The Balaban J connectivity index is 1.96. The molecule has 0 aliphatic rings. The largest absolute Gasteiger partial charge is 0.338 e. The Bertz CT molecular complexity index is 789. The Hall–Kier alpha value is -2.06. The van der Waals surface area contributed by atoms with E-state index in [1.165, 1.54) is 0 Å². The Morgan fingerprint density at radius 3 is 2.75 bits per heavy atom. The van der Waals surface area contributed by atoms with Crippen LogP contribution in [0, 0.1) is 6.92 Å². The van der Waals surface area contributed by atoms with Crippen molar-refractivity contribution in [1.29, 1.82) is 0 Å². The summed E-state index contributed by atoms with van der Waals surface area (Å²) in [6, 6.07) is 15.4. The minimum absolute atomic E-state index is 0.0890. The lowest BCUT2D eigenvalue weighted by atomic mass is 10.1. The fourth-order valence-electron chi connectivity index (χ4n) is 2.41. The third kappa shape index (κ3) is 2.35. The number of benzene rings is 2. The van der Waals surface area contributed by atoms with Crippen LogP contribution in [0.3, 0.4) is 0 Å². The van der Waals surface area contributed by atoms with Gasteiger partial charge in [0.2, 0.25) is 0 Å². The number of hydrogen-bond acceptors (Lipinski definition) is 1. The van der Waals surface area contributed by atoms with E-state index >= 15 is 0 Å². The number of halogens is 1. The second-order valence-electron chi connectivity index (χ2n) is 4.91. The van der Waals surface area contributed by atoms with Crippen LogP contribution in [0.2, 0.25) is 5.02 Å². The Labute approximate surface area is 122 Å². The quantitative estimate of drug-likeness (QED) is 0.649. The standard InChI is InChI=1S/C17H14ClNO/c1-12-4-2-6-14(10-12)16(20)11-19-9-8-13-5-3-7-15(18)17(13)19/h2-10H,11H2,1H3. The van der Waals surface area contributed by atoms with E-state index in [2.05, 4.69) is 0 Å². The van der Waals surface area contributed by atoms with Crippen LogP contribution in [0.5, 0.6) is 0 Å². The van der Waals surface area contributed by atoms with Gasteiger partial charge in [-0.1, -0.05) is 47.5 Å². The van der Waals surface area contributed by atoms with Gasteiger partial charge in [0, 0.05) is 17.1 Å². The second kappa shape index (κ2) is 5.14.